The summed E-state index contributed by atoms with van der Waals surface area (Å²) in [4.78, 5) is 16.4. The standard InChI is InChI=1S/C12H13N3O2S2/c1-3-8-9(4-2)14-15-12(13-8)19-7-5-10(11(16)17)18-6-7/h5-6H,3-4H2,1-2H3,(H,16,17). The zero-order chi connectivity index (χ0) is 13.8. The maximum Gasteiger partial charge on any atom is 0.345 e. The highest BCUT2D eigenvalue weighted by Crippen LogP contribution is 2.29. The third kappa shape index (κ3) is 3.30. The molecule has 0 saturated carbocycles. The van der Waals surface area contributed by atoms with Crippen molar-refractivity contribution in [2.75, 3.05) is 0 Å². The van der Waals surface area contributed by atoms with Crippen molar-refractivity contribution in [3.05, 3.63) is 27.7 Å². The van der Waals surface area contributed by atoms with Crippen LogP contribution in [-0.4, -0.2) is 26.3 Å². The summed E-state index contributed by atoms with van der Waals surface area (Å²) < 4.78 is 0. The van der Waals surface area contributed by atoms with Gasteiger partial charge in [0.1, 0.15) is 4.88 Å². The molecule has 1 N–H and O–H groups in total. The first-order valence-corrected chi connectivity index (χ1v) is 7.55. The predicted octanol–water partition coefficient (Wildman–Crippen LogP) is 2.91. The van der Waals surface area contributed by atoms with Gasteiger partial charge in [-0.25, -0.2) is 9.78 Å². The molecule has 0 atom stereocenters. The lowest BCUT2D eigenvalue weighted by Gasteiger charge is -2.04. The second kappa shape index (κ2) is 6.12. The van der Waals surface area contributed by atoms with Crippen LogP contribution >= 0.6 is 23.1 Å². The maximum atomic E-state index is 10.8. The second-order valence-electron chi connectivity index (χ2n) is 3.75. The quantitative estimate of drug-likeness (QED) is 0.914. The van der Waals surface area contributed by atoms with E-state index in [0.717, 1.165) is 29.1 Å². The van der Waals surface area contributed by atoms with E-state index in [1.807, 2.05) is 13.8 Å². The summed E-state index contributed by atoms with van der Waals surface area (Å²) in [6.45, 7) is 4.06. The minimum Gasteiger partial charge on any atom is -0.477 e. The number of carbonyl (C=O) groups is 1. The summed E-state index contributed by atoms with van der Waals surface area (Å²) in [7, 11) is 0. The topological polar surface area (TPSA) is 76.0 Å². The number of nitrogens with zero attached hydrogens (tertiary/aromatic N) is 3. The van der Waals surface area contributed by atoms with E-state index in [0.29, 0.717) is 10.0 Å². The Labute approximate surface area is 119 Å². The van der Waals surface area contributed by atoms with Gasteiger partial charge in [-0.2, -0.15) is 5.10 Å². The molecule has 0 amide bonds. The minimum atomic E-state index is -0.911. The first kappa shape index (κ1) is 14.0. The number of aryl methyl sites for hydroxylation is 2. The Morgan fingerprint density at radius 1 is 1.32 bits per heavy atom. The van der Waals surface area contributed by atoms with Crippen LogP contribution in [0.3, 0.4) is 0 Å². The molecular formula is C12H13N3O2S2. The molecule has 2 rings (SSSR count). The van der Waals surface area contributed by atoms with E-state index in [1.165, 1.54) is 23.1 Å². The molecule has 19 heavy (non-hydrogen) atoms. The van der Waals surface area contributed by atoms with Crippen molar-refractivity contribution in [3.8, 4) is 0 Å². The predicted molar refractivity (Wildman–Crippen MR) is 74.0 cm³/mol. The molecule has 0 aromatic carbocycles. The molecule has 0 aliphatic rings. The van der Waals surface area contributed by atoms with Gasteiger partial charge in [-0.1, -0.05) is 13.8 Å². The zero-order valence-corrected chi connectivity index (χ0v) is 12.2. The summed E-state index contributed by atoms with van der Waals surface area (Å²) in [6.07, 6.45) is 1.63. The molecule has 0 aliphatic heterocycles. The number of carboxylic acids is 1. The smallest absolute Gasteiger partial charge is 0.345 e. The molecule has 2 aromatic rings. The molecule has 0 bridgehead atoms. The normalized spacial score (nSPS) is 10.6. The molecule has 0 saturated heterocycles. The van der Waals surface area contributed by atoms with Crippen LogP contribution in [0.25, 0.3) is 0 Å². The van der Waals surface area contributed by atoms with Crippen LogP contribution in [0, 0.1) is 0 Å². The van der Waals surface area contributed by atoms with Gasteiger partial charge < -0.3 is 5.11 Å². The summed E-state index contributed by atoms with van der Waals surface area (Å²) in [6, 6.07) is 1.63. The van der Waals surface area contributed by atoms with Crippen LogP contribution in [0.2, 0.25) is 0 Å². The van der Waals surface area contributed by atoms with E-state index in [4.69, 9.17) is 5.11 Å². The third-order valence-electron chi connectivity index (χ3n) is 2.49. The van der Waals surface area contributed by atoms with Crippen molar-refractivity contribution < 1.29 is 9.90 Å². The first-order valence-electron chi connectivity index (χ1n) is 5.86. The molecule has 0 spiro atoms. The SMILES string of the molecule is CCc1nnc(Sc2csc(C(=O)O)c2)nc1CC. The number of hydrogen-bond donors (Lipinski definition) is 1. The number of carboxylic acid groups (broad SMARTS) is 1. The highest BCUT2D eigenvalue weighted by Gasteiger charge is 2.11. The molecule has 2 aromatic heterocycles. The van der Waals surface area contributed by atoms with Crippen LogP contribution in [-0.2, 0) is 12.8 Å². The van der Waals surface area contributed by atoms with E-state index < -0.39 is 5.97 Å². The second-order valence-corrected chi connectivity index (χ2v) is 5.70. The van der Waals surface area contributed by atoms with E-state index in [2.05, 4.69) is 15.2 Å². The number of rotatable bonds is 5. The zero-order valence-electron chi connectivity index (χ0n) is 10.6. The highest BCUT2D eigenvalue weighted by molar-refractivity contribution is 7.99. The first-order chi connectivity index (χ1) is 9.13. The monoisotopic (exact) mass is 295 g/mol. The van der Waals surface area contributed by atoms with Gasteiger partial charge in [0.2, 0.25) is 5.16 Å². The van der Waals surface area contributed by atoms with E-state index in [9.17, 15) is 4.79 Å². The summed E-state index contributed by atoms with van der Waals surface area (Å²) in [5.74, 6) is -0.911. The third-order valence-corrected chi connectivity index (χ3v) is 4.38. The van der Waals surface area contributed by atoms with Crippen molar-refractivity contribution in [2.45, 2.75) is 36.7 Å². The number of thiophene rings is 1. The number of aromatic nitrogens is 3. The molecule has 0 aliphatic carbocycles. The van der Waals surface area contributed by atoms with Gasteiger partial charge in [0.15, 0.2) is 0 Å². The lowest BCUT2D eigenvalue weighted by atomic mass is 10.2. The molecule has 7 heteroatoms. The largest absolute Gasteiger partial charge is 0.477 e. The van der Waals surface area contributed by atoms with Crippen molar-refractivity contribution >= 4 is 29.1 Å². The fraction of sp³-hybridized carbons (Fsp3) is 0.333. The summed E-state index contributed by atoms with van der Waals surface area (Å²) >= 11 is 2.54. The lowest BCUT2D eigenvalue weighted by molar-refractivity contribution is 0.0702. The average molecular weight is 295 g/mol. The summed E-state index contributed by atoms with van der Waals surface area (Å²) in [5.41, 5.74) is 1.87. The molecule has 5 nitrogen and oxygen atoms in total. The van der Waals surface area contributed by atoms with Crippen molar-refractivity contribution in [2.24, 2.45) is 0 Å². The Hall–Kier alpha value is -1.47. The Kier molecular flexibility index (Phi) is 4.49. The van der Waals surface area contributed by atoms with Gasteiger partial charge in [-0.3, -0.25) is 0 Å². The summed E-state index contributed by atoms with van der Waals surface area (Å²) in [5, 5.41) is 19.4. The van der Waals surface area contributed by atoms with Crippen molar-refractivity contribution in [1.82, 2.24) is 15.2 Å². The van der Waals surface area contributed by atoms with Crippen LogP contribution < -0.4 is 0 Å². The Balaban J connectivity index is 2.20. The van der Waals surface area contributed by atoms with Gasteiger partial charge in [0.05, 0.1) is 11.4 Å². The van der Waals surface area contributed by atoms with Crippen LogP contribution in [0.15, 0.2) is 21.5 Å². The Morgan fingerprint density at radius 2 is 2.05 bits per heavy atom. The minimum absolute atomic E-state index is 0.316. The number of aromatic carboxylic acids is 1. The van der Waals surface area contributed by atoms with E-state index in [1.54, 1.807) is 11.4 Å². The highest BCUT2D eigenvalue weighted by atomic mass is 32.2. The fourth-order valence-electron chi connectivity index (χ4n) is 1.55. The van der Waals surface area contributed by atoms with Crippen LogP contribution in [0.4, 0.5) is 0 Å². The van der Waals surface area contributed by atoms with E-state index in [-0.39, 0.29) is 0 Å². The van der Waals surface area contributed by atoms with Crippen LogP contribution in [0.1, 0.15) is 34.9 Å². The maximum absolute atomic E-state index is 10.8. The molecule has 2 heterocycles. The van der Waals surface area contributed by atoms with E-state index >= 15 is 0 Å². The van der Waals surface area contributed by atoms with Crippen molar-refractivity contribution in [1.29, 1.82) is 0 Å². The van der Waals surface area contributed by atoms with Gasteiger partial charge in [-0.15, -0.1) is 16.4 Å². The lowest BCUT2D eigenvalue weighted by Crippen LogP contribution is -2.03. The molecule has 0 radical (unpaired) electrons. The van der Waals surface area contributed by atoms with Gasteiger partial charge >= 0.3 is 5.97 Å². The van der Waals surface area contributed by atoms with Crippen LogP contribution in [0.5, 0.6) is 0 Å². The molecule has 0 fully saturated rings. The molecular weight excluding hydrogens is 282 g/mol. The average Bonchev–Trinajstić information content (AvgIpc) is 2.87. The van der Waals surface area contributed by atoms with Crippen molar-refractivity contribution in [3.63, 3.8) is 0 Å². The Bertz CT molecular complexity index is 598. The van der Waals surface area contributed by atoms with Gasteiger partial charge in [0, 0.05) is 10.3 Å². The van der Waals surface area contributed by atoms with Gasteiger partial charge in [-0.05, 0) is 30.7 Å². The number of hydrogen-bond acceptors (Lipinski definition) is 6. The molecule has 100 valence electrons. The fourth-order valence-corrected chi connectivity index (χ4v) is 3.20. The van der Waals surface area contributed by atoms with Gasteiger partial charge in [0.25, 0.3) is 0 Å². The molecule has 0 unspecified atom stereocenters. The Morgan fingerprint density at radius 3 is 2.63 bits per heavy atom.